The lowest BCUT2D eigenvalue weighted by Crippen LogP contribution is -2.17. The molecule has 1 aromatic heterocycles. The van der Waals surface area contributed by atoms with Crippen LogP contribution in [0, 0.1) is 0 Å². The number of aromatic nitrogens is 1. The van der Waals surface area contributed by atoms with E-state index in [1.165, 1.54) is 12.1 Å². The van der Waals surface area contributed by atoms with Crippen LogP contribution in [0.25, 0.3) is 0 Å². The Hall–Kier alpha value is -1.95. The molecule has 0 aliphatic carbocycles. The van der Waals surface area contributed by atoms with Crippen molar-refractivity contribution in [1.29, 1.82) is 0 Å². The van der Waals surface area contributed by atoms with Crippen LogP contribution < -0.4 is 10.1 Å². The first-order valence-corrected chi connectivity index (χ1v) is 6.67. The van der Waals surface area contributed by atoms with Gasteiger partial charge in [-0.3, -0.25) is 0 Å². The summed E-state index contributed by atoms with van der Waals surface area (Å²) in [6, 6.07) is 9.90. The fraction of sp³-hybridized carbons (Fsp3) is 0.333. The lowest BCUT2D eigenvalue weighted by molar-refractivity contribution is -0.274. The molecule has 2 rings (SSSR count). The number of hydrogen-bond donors (Lipinski definition) is 1. The van der Waals surface area contributed by atoms with Crippen LogP contribution >= 0.6 is 0 Å². The van der Waals surface area contributed by atoms with E-state index in [9.17, 15) is 13.2 Å². The SMILES string of the molecule is CCNCc1cccn1Cc1ccc(OC(F)(F)F)cc1. The molecule has 1 N–H and O–H groups in total. The third kappa shape index (κ3) is 4.82. The van der Waals surface area contributed by atoms with Gasteiger partial charge < -0.3 is 14.6 Å². The zero-order valence-corrected chi connectivity index (χ0v) is 11.7. The van der Waals surface area contributed by atoms with Crippen molar-refractivity contribution in [3.8, 4) is 5.75 Å². The number of halogens is 3. The second kappa shape index (κ2) is 6.67. The molecular formula is C15H17F3N2O. The Labute approximate surface area is 121 Å². The summed E-state index contributed by atoms with van der Waals surface area (Å²) in [5, 5.41) is 3.25. The van der Waals surface area contributed by atoms with Gasteiger partial charge in [-0.25, -0.2) is 0 Å². The molecule has 0 aliphatic rings. The summed E-state index contributed by atoms with van der Waals surface area (Å²) in [6.45, 7) is 4.29. The van der Waals surface area contributed by atoms with Gasteiger partial charge in [-0.1, -0.05) is 19.1 Å². The van der Waals surface area contributed by atoms with Crippen molar-refractivity contribution in [3.05, 3.63) is 53.9 Å². The van der Waals surface area contributed by atoms with E-state index in [2.05, 4.69) is 14.6 Å². The van der Waals surface area contributed by atoms with Crippen molar-refractivity contribution < 1.29 is 17.9 Å². The predicted molar refractivity (Wildman–Crippen MR) is 74.0 cm³/mol. The molecular weight excluding hydrogens is 281 g/mol. The molecule has 0 atom stereocenters. The summed E-state index contributed by atoms with van der Waals surface area (Å²) < 4.78 is 42.2. The first kappa shape index (κ1) is 15.4. The largest absolute Gasteiger partial charge is 0.573 e. The van der Waals surface area contributed by atoms with Gasteiger partial charge in [0.05, 0.1) is 0 Å². The number of nitrogens with one attached hydrogen (secondary N) is 1. The van der Waals surface area contributed by atoms with E-state index < -0.39 is 6.36 Å². The maximum Gasteiger partial charge on any atom is 0.573 e. The molecule has 0 amide bonds. The highest BCUT2D eigenvalue weighted by atomic mass is 19.4. The molecule has 0 aliphatic heterocycles. The maximum atomic E-state index is 12.1. The van der Waals surface area contributed by atoms with Crippen LogP contribution in [0.1, 0.15) is 18.2 Å². The van der Waals surface area contributed by atoms with Gasteiger partial charge in [-0.05, 0) is 36.4 Å². The fourth-order valence-electron chi connectivity index (χ4n) is 2.01. The van der Waals surface area contributed by atoms with Gasteiger partial charge in [-0.2, -0.15) is 0 Å². The summed E-state index contributed by atoms with van der Waals surface area (Å²) in [4.78, 5) is 0. The van der Waals surface area contributed by atoms with E-state index in [4.69, 9.17) is 0 Å². The van der Waals surface area contributed by atoms with Crippen LogP contribution in [-0.4, -0.2) is 17.5 Å². The van der Waals surface area contributed by atoms with Crippen molar-refractivity contribution in [2.75, 3.05) is 6.54 Å². The first-order valence-electron chi connectivity index (χ1n) is 6.67. The number of hydrogen-bond acceptors (Lipinski definition) is 2. The first-order chi connectivity index (χ1) is 9.98. The molecule has 1 aromatic carbocycles. The summed E-state index contributed by atoms with van der Waals surface area (Å²) >= 11 is 0. The smallest absolute Gasteiger partial charge is 0.406 e. The average Bonchev–Trinajstić information content (AvgIpc) is 2.84. The van der Waals surface area contributed by atoms with Gasteiger partial charge in [0.2, 0.25) is 0 Å². The summed E-state index contributed by atoms with van der Waals surface area (Å²) in [5.74, 6) is -0.202. The molecule has 3 nitrogen and oxygen atoms in total. The normalized spacial score (nSPS) is 11.6. The molecule has 1 heterocycles. The highest BCUT2D eigenvalue weighted by Crippen LogP contribution is 2.23. The number of alkyl halides is 3. The molecule has 114 valence electrons. The molecule has 0 radical (unpaired) electrons. The summed E-state index contributed by atoms with van der Waals surface area (Å²) in [5.41, 5.74) is 2.05. The Morgan fingerprint density at radius 3 is 2.48 bits per heavy atom. The van der Waals surface area contributed by atoms with E-state index in [1.54, 1.807) is 12.1 Å². The highest BCUT2D eigenvalue weighted by Gasteiger charge is 2.30. The average molecular weight is 298 g/mol. The second-order valence-electron chi connectivity index (χ2n) is 4.60. The van der Waals surface area contributed by atoms with Crippen LogP contribution in [0.2, 0.25) is 0 Å². The van der Waals surface area contributed by atoms with Crippen LogP contribution in [0.5, 0.6) is 5.75 Å². The van der Waals surface area contributed by atoms with Gasteiger partial charge in [0.1, 0.15) is 5.75 Å². The lowest BCUT2D eigenvalue weighted by atomic mass is 10.2. The third-order valence-corrected chi connectivity index (χ3v) is 2.99. The van der Waals surface area contributed by atoms with Crippen molar-refractivity contribution in [1.82, 2.24) is 9.88 Å². The molecule has 0 unspecified atom stereocenters. The van der Waals surface area contributed by atoms with Gasteiger partial charge >= 0.3 is 6.36 Å². The van der Waals surface area contributed by atoms with E-state index in [-0.39, 0.29) is 5.75 Å². The highest BCUT2D eigenvalue weighted by molar-refractivity contribution is 5.28. The Balaban J connectivity index is 2.02. The zero-order valence-electron chi connectivity index (χ0n) is 11.7. The van der Waals surface area contributed by atoms with Crippen molar-refractivity contribution in [3.63, 3.8) is 0 Å². The van der Waals surface area contributed by atoms with Gasteiger partial charge in [-0.15, -0.1) is 13.2 Å². The minimum absolute atomic E-state index is 0.202. The standard InChI is InChI=1S/C15H17F3N2O/c1-2-19-10-13-4-3-9-20(13)11-12-5-7-14(8-6-12)21-15(16,17)18/h3-9,19H,2,10-11H2,1H3. The van der Waals surface area contributed by atoms with E-state index in [0.717, 1.165) is 24.3 Å². The number of rotatable bonds is 6. The monoisotopic (exact) mass is 298 g/mol. The number of nitrogens with zero attached hydrogens (tertiary/aromatic N) is 1. The zero-order chi connectivity index (χ0) is 15.3. The molecule has 2 aromatic rings. The van der Waals surface area contributed by atoms with Crippen LogP contribution in [0.3, 0.4) is 0 Å². The molecule has 0 bridgehead atoms. The second-order valence-corrected chi connectivity index (χ2v) is 4.60. The van der Waals surface area contributed by atoms with E-state index in [0.29, 0.717) is 6.54 Å². The molecule has 0 saturated carbocycles. The van der Waals surface area contributed by atoms with Gasteiger partial charge in [0, 0.05) is 25.0 Å². The lowest BCUT2D eigenvalue weighted by Gasteiger charge is -2.11. The minimum Gasteiger partial charge on any atom is -0.406 e. The summed E-state index contributed by atoms with van der Waals surface area (Å²) in [7, 11) is 0. The van der Waals surface area contributed by atoms with Crippen LogP contribution in [0.15, 0.2) is 42.6 Å². The Kier molecular flexibility index (Phi) is 4.90. The topological polar surface area (TPSA) is 26.2 Å². The molecule has 0 fully saturated rings. The van der Waals surface area contributed by atoms with E-state index >= 15 is 0 Å². The van der Waals surface area contributed by atoms with Crippen molar-refractivity contribution in [2.45, 2.75) is 26.4 Å². The minimum atomic E-state index is -4.65. The Morgan fingerprint density at radius 2 is 1.86 bits per heavy atom. The third-order valence-electron chi connectivity index (χ3n) is 2.99. The molecule has 6 heteroatoms. The molecule has 21 heavy (non-hydrogen) atoms. The fourth-order valence-corrected chi connectivity index (χ4v) is 2.01. The molecule has 0 spiro atoms. The Bertz CT molecular complexity index is 561. The maximum absolute atomic E-state index is 12.1. The van der Waals surface area contributed by atoms with Gasteiger partial charge in [0.15, 0.2) is 0 Å². The van der Waals surface area contributed by atoms with Crippen LogP contribution in [-0.2, 0) is 13.1 Å². The Morgan fingerprint density at radius 1 is 1.14 bits per heavy atom. The van der Waals surface area contributed by atoms with E-state index in [1.807, 2.05) is 25.3 Å². The van der Waals surface area contributed by atoms with Gasteiger partial charge in [0.25, 0.3) is 0 Å². The predicted octanol–water partition coefficient (Wildman–Crippen LogP) is 3.54. The quantitative estimate of drug-likeness (QED) is 0.882. The number of ether oxygens (including phenoxy) is 1. The summed E-state index contributed by atoms with van der Waals surface area (Å²) in [6.07, 6.45) is -2.70. The number of benzene rings is 1. The molecule has 0 saturated heterocycles. The van der Waals surface area contributed by atoms with Crippen molar-refractivity contribution >= 4 is 0 Å². The van der Waals surface area contributed by atoms with Crippen LogP contribution in [0.4, 0.5) is 13.2 Å². The van der Waals surface area contributed by atoms with Crippen molar-refractivity contribution in [2.24, 2.45) is 0 Å².